The molecular weight excluding hydrogens is 352 g/mol. The second-order valence-electron chi connectivity index (χ2n) is 6.67. The average molecular weight is 372 g/mol. The first-order valence-corrected chi connectivity index (χ1v) is 9.14. The van der Waals surface area contributed by atoms with E-state index in [4.69, 9.17) is 4.74 Å². The van der Waals surface area contributed by atoms with Crippen LogP contribution in [-0.2, 0) is 11.3 Å². The number of carbonyl (C=O) groups excluding carboxylic acids is 2. The lowest BCUT2D eigenvalue weighted by Gasteiger charge is -2.33. The molecule has 28 heavy (non-hydrogen) atoms. The van der Waals surface area contributed by atoms with Gasteiger partial charge < -0.3 is 15.0 Å². The molecular formula is C23H20N2O3. The molecule has 5 nitrogen and oxygen atoms in total. The maximum atomic E-state index is 12.7. The molecule has 5 heteroatoms. The highest BCUT2D eigenvalue weighted by Crippen LogP contribution is 2.37. The number of carbonyl (C=O) groups is 2. The Morgan fingerprint density at radius 3 is 2.39 bits per heavy atom. The van der Waals surface area contributed by atoms with Gasteiger partial charge in [-0.15, -0.1) is 0 Å². The molecule has 0 radical (unpaired) electrons. The Morgan fingerprint density at radius 2 is 1.68 bits per heavy atom. The molecule has 1 aliphatic heterocycles. The zero-order valence-electron chi connectivity index (χ0n) is 15.5. The summed E-state index contributed by atoms with van der Waals surface area (Å²) in [5.41, 5.74) is 2.94. The molecule has 4 rings (SSSR count). The van der Waals surface area contributed by atoms with Crippen molar-refractivity contribution in [2.24, 2.45) is 0 Å². The first kappa shape index (κ1) is 17.8. The molecule has 2 amide bonds. The number of nitrogens with one attached hydrogen (secondary N) is 1. The second-order valence-corrected chi connectivity index (χ2v) is 6.67. The van der Waals surface area contributed by atoms with Crippen LogP contribution in [0.4, 0.5) is 11.4 Å². The van der Waals surface area contributed by atoms with E-state index >= 15 is 0 Å². The van der Waals surface area contributed by atoms with Gasteiger partial charge in [0.1, 0.15) is 5.75 Å². The standard InChI is InChI=1S/C23H20N2O3/c1-16-23(27)25(15-17-8-4-2-5-9-17)20-13-12-19(14-21(20)28-16)24-22(26)18-10-6-3-7-11-18/h2-14,16H,15H2,1H3,(H,24,26). The number of benzene rings is 3. The summed E-state index contributed by atoms with van der Waals surface area (Å²) >= 11 is 0. The molecule has 0 aromatic heterocycles. The van der Waals surface area contributed by atoms with Crippen molar-refractivity contribution >= 4 is 23.2 Å². The summed E-state index contributed by atoms with van der Waals surface area (Å²) in [6, 6.07) is 24.2. The van der Waals surface area contributed by atoms with Crippen molar-refractivity contribution in [1.82, 2.24) is 0 Å². The van der Waals surface area contributed by atoms with Crippen LogP contribution in [0.5, 0.6) is 5.75 Å². The smallest absolute Gasteiger partial charge is 0.268 e. The van der Waals surface area contributed by atoms with Gasteiger partial charge in [0, 0.05) is 17.3 Å². The topological polar surface area (TPSA) is 58.6 Å². The van der Waals surface area contributed by atoms with Crippen LogP contribution in [-0.4, -0.2) is 17.9 Å². The third kappa shape index (κ3) is 3.60. The van der Waals surface area contributed by atoms with E-state index in [1.165, 1.54) is 0 Å². The molecule has 0 saturated carbocycles. The van der Waals surface area contributed by atoms with Gasteiger partial charge >= 0.3 is 0 Å². The van der Waals surface area contributed by atoms with E-state index in [0.29, 0.717) is 29.2 Å². The van der Waals surface area contributed by atoms with Crippen molar-refractivity contribution in [2.45, 2.75) is 19.6 Å². The Labute approximate surface area is 163 Å². The van der Waals surface area contributed by atoms with Crippen LogP contribution in [0.2, 0.25) is 0 Å². The molecule has 1 N–H and O–H groups in total. The van der Waals surface area contributed by atoms with Crippen LogP contribution < -0.4 is 15.0 Å². The third-order valence-corrected chi connectivity index (χ3v) is 4.65. The lowest BCUT2D eigenvalue weighted by Crippen LogP contribution is -2.44. The van der Waals surface area contributed by atoms with Gasteiger partial charge in [-0.05, 0) is 36.8 Å². The highest BCUT2D eigenvalue weighted by atomic mass is 16.5. The molecule has 1 heterocycles. The van der Waals surface area contributed by atoms with E-state index in [1.807, 2.05) is 54.6 Å². The quantitative estimate of drug-likeness (QED) is 0.745. The molecule has 0 saturated heterocycles. The lowest BCUT2D eigenvalue weighted by atomic mass is 10.1. The summed E-state index contributed by atoms with van der Waals surface area (Å²) in [7, 11) is 0. The minimum atomic E-state index is -0.587. The summed E-state index contributed by atoms with van der Waals surface area (Å²) in [6.45, 7) is 2.20. The normalized spacial score (nSPS) is 15.5. The highest BCUT2D eigenvalue weighted by Gasteiger charge is 2.31. The van der Waals surface area contributed by atoms with Gasteiger partial charge in [-0.3, -0.25) is 9.59 Å². The number of hydrogen-bond donors (Lipinski definition) is 1. The Balaban J connectivity index is 1.60. The lowest BCUT2D eigenvalue weighted by molar-refractivity contribution is -0.125. The van der Waals surface area contributed by atoms with Gasteiger partial charge in [0.25, 0.3) is 11.8 Å². The molecule has 1 unspecified atom stereocenters. The maximum Gasteiger partial charge on any atom is 0.268 e. The van der Waals surface area contributed by atoms with Crippen LogP contribution in [0, 0.1) is 0 Å². The van der Waals surface area contributed by atoms with Crippen molar-refractivity contribution in [3.05, 3.63) is 90.0 Å². The molecule has 1 aliphatic rings. The van der Waals surface area contributed by atoms with Gasteiger partial charge in [0.15, 0.2) is 6.10 Å². The zero-order valence-corrected chi connectivity index (χ0v) is 15.5. The van der Waals surface area contributed by atoms with Crippen molar-refractivity contribution in [3.63, 3.8) is 0 Å². The van der Waals surface area contributed by atoms with Crippen LogP contribution >= 0.6 is 0 Å². The minimum Gasteiger partial charge on any atom is -0.479 e. The Morgan fingerprint density at radius 1 is 1.00 bits per heavy atom. The van der Waals surface area contributed by atoms with Crippen LogP contribution in [0.1, 0.15) is 22.8 Å². The van der Waals surface area contributed by atoms with Crippen LogP contribution in [0.25, 0.3) is 0 Å². The highest BCUT2D eigenvalue weighted by molar-refractivity contribution is 6.05. The van der Waals surface area contributed by atoms with E-state index in [0.717, 1.165) is 5.56 Å². The van der Waals surface area contributed by atoms with Crippen LogP contribution in [0.3, 0.4) is 0 Å². The van der Waals surface area contributed by atoms with E-state index in [9.17, 15) is 9.59 Å². The van der Waals surface area contributed by atoms with Crippen molar-refractivity contribution in [3.8, 4) is 5.75 Å². The SMILES string of the molecule is CC1Oc2cc(NC(=O)c3ccccc3)ccc2N(Cc2ccccc2)C1=O. The average Bonchev–Trinajstić information content (AvgIpc) is 2.72. The van der Waals surface area contributed by atoms with E-state index in [2.05, 4.69) is 5.32 Å². The predicted octanol–water partition coefficient (Wildman–Crippen LogP) is 4.25. The van der Waals surface area contributed by atoms with Gasteiger partial charge in [0.2, 0.25) is 0 Å². The van der Waals surface area contributed by atoms with Gasteiger partial charge in [0.05, 0.1) is 12.2 Å². The molecule has 140 valence electrons. The minimum absolute atomic E-state index is 0.0857. The number of rotatable bonds is 4. The van der Waals surface area contributed by atoms with Gasteiger partial charge in [-0.1, -0.05) is 48.5 Å². The molecule has 0 aliphatic carbocycles. The number of ether oxygens (including phenoxy) is 1. The molecule has 0 spiro atoms. The van der Waals surface area contributed by atoms with Crippen molar-refractivity contribution < 1.29 is 14.3 Å². The molecule has 3 aromatic rings. The first-order valence-electron chi connectivity index (χ1n) is 9.14. The number of anilines is 2. The predicted molar refractivity (Wildman–Crippen MR) is 109 cm³/mol. The summed E-state index contributed by atoms with van der Waals surface area (Å²) < 4.78 is 5.80. The second kappa shape index (κ2) is 7.56. The van der Waals surface area contributed by atoms with Crippen LogP contribution in [0.15, 0.2) is 78.9 Å². The first-order chi connectivity index (χ1) is 13.6. The van der Waals surface area contributed by atoms with Crippen molar-refractivity contribution in [2.75, 3.05) is 10.2 Å². The monoisotopic (exact) mass is 372 g/mol. The van der Waals surface area contributed by atoms with Crippen molar-refractivity contribution in [1.29, 1.82) is 0 Å². The summed E-state index contributed by atoms with van der Waals surface area (Å²) in [5.74, 6) is 0.299. The molecule has 1 atom stereocenters. The largest absolute Gasteiger partial charge is 0.479 e. The number of fused-ring (bicyclic) bond motifs is 1. The Kier molecular flexibility index (Phi) is 4.81. The van der Waals surface area contributed by atoms with Gasteiger partial charge in [-0.25, -0.2) is 0 Å². The van der Waals surface area contributed by atoms with E-state index < -0.39 is 6.10 Å². The van der Waals surface area contributed by atoms with Gasteiger partial charge in [-0.2, -0.15) is 0 Å². The Hall–Kier alpha value is -3.60. The number of hydrogen-bond acceptors (Lipinski definition) is 3. The maximum absolute atomic E-state index is 12.7. The molecule has 3 aromatic carbocycles. The summed E-state index contributed by atoms with van der Waals surface area (Å²) in [6.07, 6.45) is -0.587. The molecule has 0 bridgehead atoms. The van der Waals surface area contributed by atoms with E-state index in [1.54, 1.807) is 36.1 Å². The fourth-order valence-corrected chi connectivity index (χ4v) is 3.21. The Bertz CT molecular complexity index is 1000. The number of nitrogens with zero attached hydrogens (tertiary/aromatic N) is 1. The fraction of sp³-hybridized carbons (Fsp3) is 0.130. The number of amides is 2. The third-order valence-electron chi connectivity index (χ3n) is 4.65. The zero-order chi connectivity index (χ0) is 19.5. The summed E-state index contributed by atoms with van der Waals surface area (Å²) in [5, 5.41) is 2.88. The summed E-state index contributed by atoms with van der Waals surface area (Å²) in [4.78, 5) is 26.8. The fourth-order valence-electron chi connectivity index (χ4n) is 3.21. The molecule has 0 fully saturated rings. The van der Waals surface area contributed by atoms with E-state index in [-0.39, 0.29) is 11.8 Å².